The van der Waals surface area contributed by atoms with Crippen LogP contribution in [-0.2, 0) is 0 Å². The van der Waals surface area contributed by atoms with Gasteiger partial charge >= 0.3 is 0 Å². The summed E-state index contributed by atoms with van der Waals surface area (Å²) < 4.78 is 38.6. The largest absolute Gasteiger partial charge is 0.455 e. The monoisotopic (exact) mass is 405 g/mol. The van der Waals surface area contributed by atoms with Crippen LogP contribution >= 0.6 is 0 Å². The van der Waals surface area contributed by atoms with E-state index in [1.54, 1.807) is 19.9 Å². The summed E-state index contributed by atoms with van der Waals surface area (Å²) in [5.41, 5.74) is 3.40. The standard InChI is InChI=1S/C29H23NO/c1-17(2)24-15-27(30-16-18(24)3)23-10-6-9-22-26-14-25-20(13-28(26)31-29(22)23)12-11-19-7-4-5-8-21(19)25/h4-17H,1-3H3/i3D3,17D. The van der Waals surface area contributed by atoms with Gasteiger partial charge in [0, 0.05) is 28.0 Å². The number of benzene rings is 4. The molecule has 2 nitrogen and oxygen atoms in total. The van der Waals surface area contributed by atoms with Gasteiger partial charge in [0.2, 0.25) is 0 Å². The molecule has 0 radical (unpaired) electrons. The van der Waals surface area contributed by atoms with Gasteiger partial charge in [-0.3, -0.25) is 4.98 Å². The Balaban J connectivity index is 1.62. The van der Waals surface area contributed by atoms with E-state index in [9.17, 15) is 0 Å². The van der Waals surface area contributed by atoms with Crippen LogP contribution in [0, 0.1) is 6.85 Å². The van der Waals surface area contributed by atoms with Crippen LogP contribution in [0.3, 0.4) is 0 Å². The van der Waals surface area contributed by atoms with Crippen LogP contribution in [0.25, 0.3) is 54.7 Å². The van der Waals surface area contributed by atoms with Crippen molar-refractivity contribution in [1.82, 2.24) is 4.98 Å². The van der Waals surface area contributed by atoms with Crippen LogP contribution < -0.4 is 0 Å². The van der Waals surface area contributed by atoms with Gasteiger partial charge in [0.15, 0.2) is 0 Å². The first-order chi connectivity index (χ1) is 16.6. The van der Waals surface area contributed by atoms with Crippen molar-refractivity contribution in [1.29, 1.82) is 0 Å². The lowest BCUT2D eigenvalue weighted by Gasteiger charge is -2.11. The highest BCUT2D eigenvalue weighted by atomic mass is 16.3. The second-order valence-corrected chi connectivity index (χ2v) is 8.26. The normalized spacial score (nSPS) is 14.6. The minimum atomic E-state index is -2.34. The summed E-state index contributed by atoms with van der Waals surface area (Å²) >= 11 is 0. The number of rotatable bonds is 2. The maximum atomic E-state index is 8.55. The molecule has 6 rings (SSSR count). The highest BCUT2D eigenvalue weighted by Gasteiger charge is 2.16. The van der Waals surface area contributed by atoms with Gasteiger partial charge in [-0.25, -0.2) is 0 Å². The summed E-state index contributed by atoms with van der Waals surface area (Å²) in [6, 6.07) is 24.5. The number of hydrogen-bond donors (Lipinski definition) is 0. The molecule has 2 heteroatoms. The first-order valence-electron chi connectivity index (χ1n) is 12.4. The van der Waals surface area contributed by atoms with Gasteiger partial charge in [-0.15, -0.1) is 0 Å². The first kappa shape index (κ1) is 14.4. The molecule has 0 aliphatic rings. The molecule has 2 aromatic heterocycles. The third-order valence-corrected chi connectivity index (χ3v) is 6.08. The average Bonchev–Trinajstić information content (AvgIpc) is 3.19. The van der Waals surface area contributed by atoms with E-state index >= 15 is 0 Å². The van der Waals surface area contributed by atoms with Crippen molar-refractivity contribution >= 4 is 43.5 Å². The Morgan fingerprint density at radius 1 is 0.839 bits per heavy atom. The molecule has 0 unspecified atom stereocenters. The van der Waals surface area contributed by atoms with E-state index in [1.165, 1.54) is 22.4 Å². The van der Waals surface area contributed by atoms with E-state index in [4.69, 9.17) is 9.90 Å². The Labute approximate surface area is 186 Å². The predicted octanol–water partition coefficient (Wildman–Crippen LogP) is 8.39. The fourth-order valence-corrected chi connectivity index (χ4v) is 4.52. The molecule has 0 atom stereocenters. The lowest BCUT2D eigenvalue weighted by molar-refractivity contribution is 0.670. The van der Waals surface area contributed by atoms with Crippen LogP contribution in [-0.4, -0.2) is 4.98 Å². The maximum Gasteiger partial charge on any atom is 0.144 e. The molecule has 0 spiro atoms. The van der Waals surface area contributed by atoms with Crippen LogP contribution in [0.15, 0.2) is 83.4 Å². The summed E-state index contributed by atoms with van der Waals surface area (Å²) in [4.78, 5) is 4.50. The van der Waals surface area contributed by atoms with Gasteiger partial charge in [0.05, 0.1) is 5.69 Å². The van der Waals surface area contributed by atoms with Crippen LogP contribution in [0.4, 0.5) is 0 Å². The van der Waals surface area contributed by atoms with Gasteiger partial charge in [-0.2, -0.15) is 0 Å². The molecular weight excluding hydrogens is 378 g/mol. The zero-order valence-electron chi connectivity index (χ0n) is 21.4. The van der Waals surface area contributed by atoms with E-state index in [-0.39, 0.29) is 5.56 Å². The van der Waals surface area contributed by atoms with Gasteiger partial charge in [-0.1, -0.05) is 62.4 Å². The molecule has 0 bridgehead atoms. The summed E-state index contributed by atoms with van der Waals surface area (Å²) in [6.07, 6.45) is 1.38. The molecule has 0 aliphatic heterocycles. The molecule has 4 aromatic carbocycles. The first-order valence-corrected chi connectivity index (χ1v) is 10.4. The lowest BCUT2D eigenvalue weighted by atomic mass is 9.96. The zero-order valence-corrected chi connectivity index (χ0v) is 17.4. The summed E-state index contributed by atoms with van der Waals surface area (Å²) in [6.45, 7) is 1.05. The topological polar surface area (TPSA) is 26.0 Å². The van der Waals surface area contributed by atoms with Crippen molar-refractivity contribution in [3.05, 3.63) is 90.1 Å². The fourth-order valence-electron chi connectivity index (χ4n) is 4.52. The molecule has 6 aromatic rings. The fraction of sp³-hybridized carbons (Fsp3) is 0.138. The molecule has 0 N–H and O–H groups in total. The Morgan fingerprint density at radius 2 is 1.68 bits per heavy atom. The van der Waals surface area contributed by atoms with Crippen molar-refractivity contribution in [2.24, 2.45) is 0 Å². The molecule has 0 saturated heterocycles. The number of aryl methyl sites for hydroxylation is 1. The molecule has 0 aliphatic carbocycles. The lowest BCUT2D eigenvalue weighted by Crippen LogP contribution is -1.95. The third-order valence-electron chi connectivity index (χ3n) is 6.08. The van der Waals surface area contributed by atoms with Crippen molar-refractivity contribution in [3.63, 3.8) is 0 Å². The minimum absolute atomic E-state index is 0.108. The maximum absolute atomic E-state index is 8.55. The van der Waals surface area contributed by atoms with E-state index in [1.807, 2.05) is 24.3 Å². The summed E-state index contributed by atoms with van der Waals surface area (Å²) in [5, 5.41) is 6.66. The molecule has 0 saturated carbocycles. The van der Waals surface area contributed by atoms with Gasteiger partial charge < -0.3 is 4.42 Å². The Hall–Kier alpha value is -3.65. The van der Waals surface area contributed by atoms with Crippen molar-refractivity contribution in [2.45, 2.75) is 26.6 Å². The summed E-state index contributed by atoms with van der Waals surface area (Å²) in [5.74, 6) is -1.10. The van der Waals surface area contributed by atoms with Crippen LogP contribution in [0.1, 0.15) is 36.4 Å². The zero-order chi connectivity index (χ0) is 24.5. The molecule has 0 amide bonds. The quantitative estimate of drug-likeness (QED) is 0.270. The number of para-hydroxylation sites is 1. The van der Waals surface area contributed by atoms with Gasteiger partial charge in [0.1, 0.15) is 11.2 Å². The number of aromatic nitrogens is 1. The number of hydrogen-bond acceptors (Lipinski definition) is 2. The number of fused-ring (bicyclic) bond motifs is 6. The highest BCUT2D eigenvalue weighted by molar-refractivity contribution is 6.17. The third kappa shape index (κ3) is 2.75. The molecule has 150 valence electrons. The van der Waals surface area contributed by atoms with Gasteiger partial charge in [0.25, 0.3) is 0 Å². The highest BCUT2D eigenvalue weighted by Crippen LogP contribution is 2.39. The van der Waals surface area contributed by atoms with E-state index in [0.29, 0.717) is 16.8 Å². The van der Waals surface area contributed by atoms with Crippen molar-refractivity contribution < 1.29 is 9.90 Å². The van der Waals surface area contributed by atoms with Crippen molar-refractivity contribution in [2.75, 3.05) is 0 Å². The SMILES string of the molecule is [2H]C([2H])([2H])c1cnc(-c2cccc3c2oc2cc4ccc5ccccc5c4cc23)cc1C([2H])(C)C. The molecule has 31 heavy (non-hydrogen) atoms. The molecule has 0 fully saturated rings. The number of furan rings is 1. The van der Waals surface area contributed by atoms with Crippen molar-refractivity contribution in [3.8, 4) is 11.3 Å². The van der Waals surface area contributed by atoms with E-state index in [2.05, 4.69) is 47.4 Å². The smallest absolute Gasteiger partial charge is 0.144 e. The van der Waals surface area contributed by atoms with E-state index in [0.717, 1.165) is 27.3 Å². The number of pyridine rings is 1. The Kier molecular flexibility index (Phi) is 3.10. The molecular formula is C29H23NO. The second kappa shape index (κ2) is 6.68. The number of nitrogens with zero attached hydrogens (tertiary/aromatic N) is 1. The average molecular weight is 406 g/mol. The predicted molar refractivity (Wildman–Crippen MR) is 131 cm³/mol. The Morgan fingerprint density at radius 3 is 2.55 bits per heavy atom. The van der Waals surface area contributed by atoms with E-state index < -0.39 is 12.7 Å². The van der Waals surface area contributed by atoms with Crippen LogP contribution in [0.5, 0.6) is 0 Å². The summed E-state index contributed by atoms with van der Waals surface area (Å²) in [7, 11) is 0. The van der Waals surface area contributed by atoms with Gasteiger partial charge in [-0.05, 0) is 69.7 Å². The molecule has 2 heterocycles. The Bertz CT molecular complexity index is 1770. The second-order valence-electron chi connectivity index (χ2n) is 8.26. The van der Waals surface area contributed by atoms with Crippen LogP contribution in [0.2, 0.25) is 0 Å². The minimum Gasteiger partial charge on any atom is -0.455 e.